The number of aromatic nitrogens is 3. The van der Waals surface area contributed by atoms with Crippen molar-refractivity contribution in [3.63, 3.8) is 0 Å². The maximum Gasteiger partial charge on any atom is 0.135 e. The van der Waals surface area contributed by atoms with E-state index >= 15 is 0 Å². The molecule has 0 N–H and O–H groups in total. The van der Waals surface area contributed by atoms with Crippen molar-refractivity contribution in [3.8, 4) is 17.1 Å². The van der Waals surface area contributed by atoms with Gasteiger partial charge in [-0.05, 0) is 84.4 Å². The van der Waals surface area contributed by atoms with Crippen molar-refractivity contribution in [1.29, 1.82) is 0 Å². The summed E-state index contributed by atoms with van der Waals surface area (Å²) in [6, 6.07) is 71.3. The summed E-state index contributed by atoms with van der Waals surface area (Å²) in [5.74, 6) is 0.291. The molecule has 5 nitrogen and oxygen atoms in total. The Morgan fingerprint density at radius 2 is 0.785 bits per heavy atom. The molecule has 0 amide bonds. The molecule has 0 saturated carbocycles. The number of rotatable bonds is 4. The second kappa shape index (κ2) is 13.0. The predicted octanol–water partition coefficient (Wildman–Crippen LogP) is 15.6. The third-order valence-corrected chi connectivity index (χ3v) is 14.3. The van der Waals surface area contributed by atoms with Crippen molar-refractivity contribution in [3.05, 3.63) is 224 Å². The van der Waals surface area contributed by atoms with Crippen LogP contribution >= 0.6 is 0 Å². The van der Waals surface area contributed by atoms with Crippen LogP contribution in [-0.4, -0.2) is 19.7 Å². The molecule has 1 aliphatic carbocycles. The summed E-state index contributed by atoms with van der Waals surface area (Å²) in [6.07, 6.45) is 9.12. The summed E-state index contributed by atoms with van der Waals surface area (Å²) in [5.41, 5.74) is 16.0. The molecule has 4 aromatic heterocycles. The third kappa shape index (κ3) is 4.71. The lowest BCUT2D eigenvalue weighted by atomic mass is 9.91. The van der Waals surface area contributed by atoms with Crippen LogP contribution in [0.4, 0.5) is 11.4 Å². The monoisotopic (exact) mass is 830 g/mol. The summed E-state index contributed by atoms with van der Waals surface area (Å²) in [5, 5.41) is 9.56. The van der Waals surface area contributed by atoms with Crippen molar-refractivity contribution in [2.24, 2.45) is 0 Å². The number of hydrogen-bond acceptors (Lipinski definition) is 2. The second-order valence-electron chi connectivity index (χ2n) is 17.6. The maximum absolute atomic E-state index is 6.68. The number of fused-ring (bicyclic) bond motifs is 15. The molecule has 0 bridgehead atoms. The van der Waals surface area contributed by atoms with Gasteiger partial charge in [-0.2, -0.15) is 0 Å². The van der Waals surface area contributed by atoms with Crippen molar-refractivity contribution >= 4 is 98.7 Å². The SMILES string of the molecule is C1=CC2c3ccccc3N(c3cccc4c5ccccc5n(-c5ccc6oc7ccc(-n8c9ccccc9c9cccc(-n%10c%11ccccc%11c%11ccccc%11%10)c98)cc7c6c5)c34)C2C=C1. The van der Waals surface area contributed by atoms with E-state index in [9.17, 15) is 0 Å². The lowest BCUT2D eigenvalue weighted by molar-refractivity contribution is 0.669. The van der Waals surface area contributed by atoms with Crippen LogP contribution in [-0.2, 0) is 0 Å². The zero-order chi connectivity index (χ0) is 42.3. The first-order chi connectivity index (χ1) is 32.3. The molecule has 15 rings (SSSR count). The summed E-state index contributed by atoms with van der Waals surface area (Å²) in [4.78, 5) is 2.56. The van der Waals surface area contributed by atoms with E-state index in [1.54, 1.807) is 0 Å². The van der Waals surface area contributed by atoms with Gasteiger partial charge in [-0.25, -0.2) is 0 Å². The fourth-order valence-corrected chi connectivity index (χ4v) is 11.7. The normalized spacial score (nSPS) is 15.8. The van der Waals surface area contributed by atoms with Crippen molar-refractivity contribution in [2.75, 3.05) is 4.90 Å². The van der Waals surface area contributed by atoms with E-state index in [1.165, 1.54) is 76.8 Å². The molecule has 5 heterocycles. The Bertz CT molecular complexity index is 4170. The molecule has 0 spiro atoms. The molecule has 13 aromatic rings. The van der Waals surface area contributed by atoms with E-state index in [0.717, 1.165) is 44.5 Å². The van der Waals surface area contributed by atoms with E-state index in [-0.39, 0.29) is 6.04 Å². The Morgan fingerprint density at radius 3 is 1.38 bits per heavy atom. The maximum atomic E-state index is 6.68. The summed E-state index contributed by atoms with van der Waals surface area (Å²) >= 11 is 0. The minimum atomic E-state index is 0.185. The molecule has 5 heteroatoms. The van der Waals surface area contributed by atoms with Gasteiger partial charge in [0.05, 0.1) is 50.5 Å². The van der Waals surface area contributed by atoms with Crippen LogP contribution in [0.3, 0.4) is 0 Å². The van der Waals surface area contributed by atoms with E-state index in [0.29, 0.717) is 5.92 Å². The minimum absolute atomic E-state index is 0.185. The molecule has 0 saturated heterocycles. The molecule has 0 fully saturated rings. The average molecular weight is 831 g/mol. The first kappa shape index (κ1) is 35.0. The number of anilines is 2. The van der Waals surface area contributed by atoms with Crippen LogP contribution in [0.15, 0.2) is 223 Å². The summed E-state index contributed by atoms with van der Waals surface area (Å²) in [7, 11) is 0. The number of benzene rings is 9. The largest absolute Gasteiger partial charge is 0.456 e. The Balaban J connectivity index is 0.972. The number of allylic oxidation sites excluding steroid dienone is 2. The van der Waals surface area contributed by atoms with Gasteiger partial charge >= 0.3 is 0 Å². The Labute approximate surface area is 373 Å². The zero-order valence-electron chi connectivity index (χ0n) is 35.1. The van der Waals surface area contributed by atoms with Crippen molar-refractivity contribution in [1.82, 2.24) is 13.7 Å². The number of hydrogen-bond donors (Lipinski definition) is 0. The molecule has 1 aliphatic heterocycles. The smallest absolute Gasteiger partial charge is 0.135 e. The van der Waals surface area contributed by atoms with Gasteiger partial charge in [-0.3, -0.25) is 0 Å². The molecular formula is C60H38N4O. The van der Waals surface area contributed by atoms with Crippen LogP contribution in [0, 0.1) is 0 Å². The van der Waals surface area contributed by atoms with E-state index in [2.05, 4.69) is 237 Å². The standard InChI is InChI=1S/C60H38N4O/c1-9-25-51-39(15-1)40-16-2-10-26-52(40)63(51)55-29-13-21-45-43-19-5-7-23-49(43)61(59(45)55)37-31-33-57-47(35-37)48-36-38(32-34-58(48)65-57)62-50-24-8-6-20-44(50)46-22-14-30-56(60(46)62)64-53-27-11-3-17-41(53)42-18-4-12-28-54(42)64/h1-36,39,51H. The number of furan rings is 1. The fourth-order valence-electron chi connectivity index (χ4n) is 11.7. The topological polar surface area (TPSA) is 31.2 Å². The van der Waals surface area contributed by atoms with Crippen LogP contribution in [0.25, 0.3) is 104 Å². The van der Waals surface area contributed by atoms with E-state index < -0.39 is 0 Å². The minimum Gasteiger partial charge on any atom is -0.456 e. The molecule has 9 aromatic carbocycles. The van der Waals surface area contributed by atoms with Crippen molar-refractivity contribution in [2.45, 2.75) is 12.0 Å². The van der Waals surface area contributed by atoms with Crippen LogP contribution < -0.4 is 4.90 Å². The highest BCUT2D eigenvalue weighted by Crippen LogP contribution is 2.51. The van der Waals surface area contributed by atoms with Gasteiger partial charge in [-0.15, -0.1) is 0 Å². The Hall–Kier alpha value is -8.54. The third-order valence-electron chi connectivity index (χ3n) is 14.3. The van der Waals surface area contributed by atoms with Gasteiger partial charge in [0.25, 0.3) is 0 Å². The molecule has 2 aliphatic rings. The first-order valence-corrected chi connectivity index (χ1v) is 22.5. The summed E-state index contributed by atoms with van der Waals surface area (Å²) < 4.78 is 14.1. The highest BCUT2D eigenvalue weighted by Gasteiger charge is 2.38. The molecule has 0 radical (unpaired) electrons. The Kier molecular flexibility index (Phi) is 7.00. The van der Waals surface area contributed by atoms with Gasteiger partial charge in [0, 0.05) is 66.1 Å². The van der Waals surface area contributed by atoms with Gasteiger partial charge in [0.15, 0.2) is 0 Å². The first-order valence-electron chi connectivity index (χ1n) is 22.5. The van der Waals surface area contributed by atoms with Crippen LogP contribution in [0.5, 0.6) is 0 Å². The van der Waals surface area contributed by atoms with E-state index in [1.807, 2.05) is 0 Å². The van der Waals surface area contributed by atoms with Gasteiger partial charge in [0.1, 0.15) is 11.2 Å². The zero-order valence-corrected chi connectivity index (χ0v) is 35.1. The molecule has 304 valence electrons. The molecular weight excluding hydrogens is 793 g/mol. The summed E-state index contributed by atoms with van der Waals surface area (Å²) in [6.45, 7) is 0. The Morgan fingerprint density at radius 1 is 0.338 bits per heavy atom. The quantitative estimate of drug-likeness (QED) is 0.177. The lowest BCUT2D eigenvalue weighted by Gasteiger charge is -2.30. The molecule has 65 heavy (non-hydrogen) atoms. The fraction of sp³-hybridized carbons (Fsp3) is 0.0333. The molecule has 2 atom stereocenters. The van der Waals surface area contributed by atoms with Gasteiger partial charge < -0.3 is 23.0 Å². The second-order valence-corrected chi connectivity index (χ2v) is 17.6. The van der Waals surface area contributed by atoms with Crippen LogP contribution in [0.1, 0.15) is 11.5 Å². The highest BCUT2D eigenvalue weighted by atomic mass is 16.3. The lowest BCUT2D eigenvalue weighted by Crippen LogP contribution is -2.28. The average Bonchev–Trinajstić information content (AvgIpc) is 4.17. The predicted molar refractivity (Wildman–Crippen MR) is 270 cm³/mol. The van der Waals surface area contributed by atoms with Gasteiger partial charge in [0.2, 0.25) is 0 Å². The molecule has 2 unspecified atom stereocenters. The number of para-hydroxylation sites is 7. The van der Waals surface area contributed by atoms with Crippen molar-refractivity contribution < 1.29 is 4.42 Å². The number of nitrogens with zero attached hydrogens (tertiary/aromatic N) is 4. The highest BCUT2D eigenvalue weighted by molar-refractivity contribution is 6.17. The van der Waals surface area contributed by atoms with E-state index in [4.69, 9.17) is 4.42 Å². The van der Waals surface area contributed by atoms with Gasteiger partial charge in [-0.1, -0.05) is 140 Å². The van der Waals surface area contributed by atoms with Crippen LogP contribution in [0.2, 0.25) is 0 Å².